The summed E-state index contributed by atoms with van der Waals surface area (Å²) in [7, 11) is -2.61. The first-order chi connectivity index (χ1) is 16.6. The molecule has 1 atom stereocenters. The highest BCUT2D eigenvalue weighted by Crippen LogP contribution is 2.26. The molecule has 0 fully saturated rings. The molecular formula is C25H25BrClN3O4S. The molecule has 0 saturated carbocycles. The number of halogens is 2. The van der Waals surface area contributed by atoms with Crippen molar-refractivity contribution in [2.45, 2.75) is 24.4 Å². The maximum absolute atomic E-state index is 13.6. The summed E-state index contributed by atoms with van der Waals surface area (Å²) < 4.78 is 29.0. The molecule has 3 rings (SSSR count). The van der Waals surface area contributed by atoms with Crippen LogP contribution in [-0.4, -0.2) is 44.8 Å². The smallest absolute Gasteiger partial charge is 0.264 e. The molecular weight excluding hydrogens is 554 g/mol. The van der Waals surface area contributed by atoms with Gasteiger partial charge in [-0.2, -0.15) is 0 Å². The fourth-order valence-electron chi connectivity index (χ4n) is 3.46. The molecule has 0 saturated heterocycles. The Morgan fingerprint density at radius 2 is 1.57 bits per heavy atom. The Hall–Kier alpha value is -2.88. The van der Waals surface area contributed by atoms with Crippen molar-refractivity contribution < 1.29 is 18.0 Å². The van der Waals surface area contributed by atoms with Gasteiger partial charge in [0.2, 0.25) is 11.8 Å². The lowest BCUT2D eigenvalue weighted by Crippen LogP contribution is -2.50. The molecule has 0 bridgehead atoms. The number of sulfonamides is 1. The first-order valence-electron chi connectivity index (χ1n) is 10.7. The number of rotatable bonds is 9. The third-order valence-electron chi connectivity index (χ3n) is 5.44. The molecule has 7 nitrogen and oxygen atoms in total. The van der Waals surface area contributed by atoms with Crippen LogP contribution in [0.15, 0.2) is 88.2 Å². The van der Waals surface area contributed by atoms with E-state index >= 15 is 0 Å². The molecule has 0 radical (unpaired) electrons. The third kappa shape index (κ3) is 6.42. The summed E-state index contributed by atoms with van der Waals surface area (Å²) in [6.45, 7) is 1.11. The number of hydrogen-bond acceptors (Lipinski definition) is 4. The van der Waals surface area contributed by atoms with Gasteiger partial charge in [0.15, 0.2) is 0 Å². The molecule has 3 aromatic carbocycles. The highest BCUT2D eigenvalue weighted by molar-refractivity contribution is 9.10. The molecule has 0 heterocycles. The van der Waals surface area contributed by atoms with Crippen molar-refractivity contribution in [1.82, 2.24) is 10.2 Å². The van der Waals surface area contributed by atoms with Crippen LogP contribution in [0, 0.1) is 0 Å². The predicted octanol–water partition coefficient (Wildman–Crippen LogP) is 4.46. The summed E-state index contributed by atoms with van der Waals surface area (Å²) in [5, 5.41) is 2.99. The fourth-order valence-corrected chi connectivity index (χ4v) is 5.35. The van der Waals surface area contributed by atoms with Crippen molar-refractivity contribution >= 4 is 55.1 Å². The Labute approximate surface area is 218 Å². The Bertz CT molecular complexity index is 1290. The van der Waals surface area contributed by atoms with Crippen molar-refractivity contribution in [3.63, 3.8) is 0 Å². The van der Waals surface area contributed by atoms with Crippen LogP contribution in [0.2, 0.25) is 5.02 Å². The van der Waals surface area contributed by atoms with Gasteiger partial charge in [-0.15, -0.1) is 0 Å². The zero-order valence-electron chi connectivity index (χ0n) is 19.2. The van der Waals surface area contributed by atoms with Gasteiger partial charge in [0.25, 0.3) is 10.0 Å². The van der Waals surface area contributed by atoms with Crippen LogP contribution < -0.4 is 9.62 Å². The molecule has 10 heteroatoms. The van der Waals surface area contributed by atoms with Crippen molar-refractivity contribution in [2.24, 2.45) is 0 Å². The average Bonchev–Trinajstić information content (AvgIpc) is 2.86. The Morgan fingerprint density at radius 1 is 0.971 bits per heavy atom. The summed E-state index contributed by atoms with van der Waals surface area (Å²) in [6.07, 6.45) is 0. The first-order valence-corrected chi connectivity index (χ1v) is 13.3. The normalized spacial score (nSPS) is 12.0. The number of nitrogens with one attached hydrogen (secondary N) is 1. The fraction of sp³-hybridized carbons (Fsp3) is 0.200. The van der Waals surface area contributed by atoms with Gasteiger partial charge < -0.3 is 10.2 Å². The predicted molar refractivity (Wildman–Crippen MR) is 141 cm³/mol. The second-order valence-electron chi connectivity index (χ2n) is 7.70. The Kier molecular flexibility index (Phi) is 8.93. The molecule has 3 aromatic rings. The summed E-state index contributed by atoms with van der Waals surface area (Å²) in [4.78, 5) is 27.5. The maximum atomic E-state index is 13.6. The van der Waals surface area contributed by atoms with E-state index in [1.54, 1.807) is 73.7 Å². The van der Waals surface area contributed by atoms with Gasteiger partial charge in [0.05, 0.1) is 10.6 Å². The largest absolute Gasteiger partial charge is 0.357 e. The van der Waals surface area contributed by atoms with Crippen LogP contribution in [0.5, 0.6) is 0 Å². The van der Waals surface area contributed by atoms with E-state index in [-0.39, 0.29) is 17.3 Å². The molecule has 0 aliphatic heterocycles. The zero-order valence-corrected chi connectivity index (χ0v) is 22.3. The van der Waals surface area contributed by atoms with Crippen LogP contribution in [-0.2, 0) is 26.2 Å². The number of nitrogens with zero attached hydrogens (tertiary/aromatic N) is 2. The summed E-state index contributed by atoms with van der Waals surface area (Å²) in [5.41, 5.74) is 0.954. The lowest BCUT2D eigenvalue weighted by atomic mass is 10.1. The molecule has 1 N–H and O–H groups in total. The van der Waals surface area contributed by atoms with Crippen molar-refractivity contribution in [1.29, 1.82) is 0 Å². The van der Waals surface area contributed by atoms with Crippen LogP contribution in [0.25, 0.3) is 0 Å². The maximum Gasteiger partial charge on any atom is 0.264 e. The monoisotopic (exact) mass is 577 g/mol. The number of anilines is 1. The van der Waals surface area contributed by atoms with Gasteiger partial charge in [-0.3, -0.25) is 13.9 Å². The molecule has 35 heavy (non-hydrogen) atoms. The summed E-state index contributed by atoms with van der Waals surface area (Å²) >= 11 is 9.66. The van der Waals surface area contributed by atoms with Crippen molar-refractivity contribution in [2.75, 3.05) is 17.9 Å². The van der Waals surface area contributed by atoms with E-state index in [1.165, 1.54) is 24.1 Å². The molecule has 0 spiro atoms. The number of benzene rings is 3. The molecule has 184 valence electrons. The van der Waals surface area contributed by atoms with Gasteiger partial charge >= 0.3 is 0 Å². The Balaban J connectivity index is 2.02. The lowest BCUT2D eigenvalue weighted by Gasteiger charge is -2.32. The van der Waals surface area contributed by atoms with Gasteiger partial charge in [-0.05, 0) is 55.0 Å². The van der Waals surface area contributed by atoms with E-state index in [1.807, 2.05) is 0 Å². The van der Waals surface area contributed by atoms with Gasteiger partial charge in [-0.1, -0.05) is 63.9 Å². The SMILES string of the molecule is CNC(=O)[C@H](C)N(Cc1ccccc1Cl)C(=O)CN(c1ccc(Br)cc1)S(=O)(=O)c1ccccc1. The second kappa shape index (κ2) is 11.7. The minimum absolute atomic E-state index is 0.0344. The molecule has 0 aliphatic carbocycles. The molecule has 0 aliphatic rings. The van der Waals surface area contributed by atoms with Gasteiger partial charge in [0, 0.05) is 23.1 Å². The lowest BCUT2D eigenvalue weighted by molar-refractivity contribution is -0.139. The number of hydrogen-bond donors (Lipinski definition) is 1. The topological polar surface area (TPSA) is 86.8 Å². The van der Waals surface area contributed by atoms with E-state index in [4.69, 9.17) is 11.6 Å². The second-order valence-corrected chi connectivity index (χ2v) is 10.9. The number of carbonyl (C=O) groups excluding carboxylic acids is 2. The minimum Gasteiger partial charge on any atom is -0.357 e. The molecule has 0 aromatic heterocycles. The number of carbonyl (C=O) groups is 2. The highest BCUT2D eigenvalue weighted by Gasteiger charge is 2.32. The van der Waals surface area contributed by atoms with E-state index < -0.39 is 28.5 Å². The van der Waals surface area contributed by atoms with Crippen LogP contribution in [0.1, 0.15) is 12.5 Å². The van der Waals surface area contributed by atoms with Crippen LogP contribution >= 0.6 is 27.5 Å². The van der Waals surface area contributed by atoms with E-state index in [2.05, 4.69) is 21.2 Å². The highest BCUT2D eigenvalue weighted by atomic mass is 79.9. The minimum atomic E-state index is -4.08. The van der Waals surface area contributed by atoms with E-state index in [0.29, 0.717) is 16.3 Å². The quantitative estimate of drug-likeness (QED) is 0.406. The van der Waals surface area contributed by atoms with E-state index in [9.17, 15) is 18.0 Å². The van der Waals surface area contributed by atoms with Crippen LogP contribution in [0.4, 0.5) is 5.69 Å². The Morgan fingerprint density at radius 3 is 2.17 bits per heavy atom. The molecule has 0 unspecified atom stereocenters. The summed E-state index contributed by atoms with van der Waals surface area (Å²) in [5.74, 6) is -0.935. The number of amides is 2. The van der Waals surface area contributed by atoms with Crippen LogP contribution in [0.3, 0.4) is 0 Å². The summed E-state index contributed by atoms with van der Waals surface area (Å²) in [6, 6.07) is 20.6. The zero-order chi connectivity index (χ0) is 25.6. The van der Waals surface area contributed by atoms with Crippen molar-refractivity contribution in [3.05, 3.63) is 93.9 Å². The van der Waals surface area contributed by atoms with Gasteiger partial charge in [-0.25, -0.2) is 8.42 Å². The van der Waals surface area contributed by atoms with E-state index in [0.717, 1.165) is 8.78 Å². The molecule has 2 amide bonds. The number of likely N-dealkylation sites (N-methyl/N-ethyl adjacent to an activating group) is 1. The van der Waals surface area contributed by atoms with Crippen molar-refractivity contribution in [3.8, 4) is 0 Å². The average molecular weight is 579 g/mol. The van der Waals surface area contributed by atoms with Gasteiger partial charge in [0.1, 0.15) is 12.6 Å². The standard InChI is InChI=1S/C25H25BrClN3O4S/c1-18(25(32)28-2)29(16-19-8-6-7-11-23(19)27)24(31)17-30(21-14-12-20(26)13-15-21)35(33,34)22-9-4-3-5-10-22/h3-15,18H,16-17H2,1-2H3,(H,28,32)/t18-/m0/s1. The first kappa shape index (κ1) is 26.7. The third-order valence-corrected chi connectivity index (χ3v) is 8.12.